The van der Waals surface area contributed by atoms with Gasteiger partial charge < -0.3 is 9.84 Å². The third-order valence-corrected chi connectivity index (χ3v) is 2.96. The van der Waals surface area contributed by atoms with Crippen molar-refractivity contribution in [2.45, 2.75) is 20.0 Å². The highest BCUT2D eigenvalue weighted by atomic mass is 16.5. The second-order valence-electron chi connectivity index (χ2n) is 4.43. The van der Waals surface area contributed by atoms with Gasteiger partial charge in [-0.05, 0) is 36.4 Å². The topological polar surface area (TPSA) is 76.5 Å². The fraction of sp³-hybridized carbons (Fsp3) is 0.188. The Morgan fingerprint density at radius 2 is 1.76 bits per heavy atom. The molecule has 1 heterocycles. The van der Waals surface area contributed by atoms with E-state index >= 15 is 0 Å². The zero-order valence-electron chi connectivity index (χ0n) is 11.6. The first kappa shape index (κ1) is 14.7. The highest BCUT2D eigenvalue weighted by Crippen LogP contribution is 2.15. The van der Waals surface area contributed by atoms with Crippen molar-refractivity contribution in [2.75, 3.05) is 0 Å². The summed E-state index contributed by atoms with van der Waals surface area (Å²) in [6, 6.07) is 10.0. The number of carboxylic acid groups (broad SMARTS) is 1. The molecule has 0 saturated heterocycles. The van der Waals surface area contributed by atoms with Crippen LogP contribution in [0.4, 0.5) is 0 Å². The van der Waals surface area contributed by atoms with E-state index in [1.807, 2.05) is 6.92 Å². The number of hydrogen-bond donors (Lipinski definition) is 1. The van der Waals surface area contributed by atoms with Gasteiger partial charge in [-0.3, -0.25) is 9.78 Å². The number of hydrogen-bond acceptors (Lipinski definition) is 4. The molecule has 0 unspecified atom stereocenters. The van der Waals surface area contributed by atoms with Crippen molar-refractivity contribution in [3.05, 3.63) is 59.4 Å². The molecule has 0 saturated carbocycles. The Hall–Kier alpha value is -2.69. The molecule has 0 bridgehead atoms. The Morgan fingerprint density at radius 1 is 1.10 bits per heavy atom. The molecular formula is C16H15NO4. The molecule has 0 amide bonds. The maximum atomic E-state index is 11.5. The van der Waals surface area contributed by atoms with Gasteiger partial charge in [-0.1, -0.05) is 6.92 Å². The molecule has 1 N–H and O–H groups in total. The summed E-state index contributed by atoms with van der Waals surface area (Å²) in [5.74, 6) is -0.287. The predicted molar refractivity (Wildman–Crippen MR) is 76.6 cm³/mol. The molecule has 0 radical (unpaired) electrons. The summed E-state index contributed by atoms with van der Waals surface area (Å²) in [7, 11) is 0. The van der Waals surface area contributed by atoms with E-state index in [0.717, 1.165) is 0 Å². The van der Waals surface area contributed by atoms with E-state index in [1.165, 1.54) is 12.3 Å². The van der Waals surface area contributed by atoms with Crippen LogP contribution in [-0.4, -0.2) is 21.8 Å². The first-order valence-electron chi connectivity index (χ1n) is 6.54. The van der Waals surface area contributed by atoms with Crippen molar-refractivity contribution in [1.29, 1.82) is 0 Å². The van der Waals surface area contributed by atoms with E-state index in [4.69, 9.17) is 9.84 Å². The van der Waals surface area contributed by atoms with E-state index in [-0.39, 0.29) is 18.0 Å². The lowest BCUT2D eigenvalue weighted by Gasteiger charge is -2.06. The van der Waals surface area contributed by atoms with Gasteiger partial charge in [0, 0.05) is 18.2 Å². The zero-order chi connectivity index (χ0) is 15.2. The van der Waals surface area contributed by atoms with Gasteiger partial charge in [-0.15, -0.1) is 0 Å². The summed E-state index contributed by atoms with van der Waals surface area (Å²) < 4.78 is 5.54. The zero-order valence-corrected chi connectivity index (χ0v) is 11.6. The number of carboxylic acids is 1. The molecule has 21 heavy (non-hydrogen) atoms. The van der Waals surface area contributed by atoms with Crippen LogP contribution >= 0.6 is 0 Å². The van der Waals surface area contributed by atoms with Crippen molar-refractivity contribution in [3.8, 4) is 5.75 Å². The Kier molecular flexibility index (Phi) is 4.66. The Morgan fingerprint density at radius 3 is 2.29 bits per heavy atom. The number of Topliss-reactive ketones (excluding diaryl/α,β-unsaturated/α-hetero) is 1. The number of benzene rings is 1. The van der Waals surface area contributed by atoms with Crippen molar-refractivity contribution >= 4 is 11.8 Å². The number of carbonyl (C=O) groups excluding carboxylic acids is 1. The Balaban J connectivity index is 1.96. The van der Waals surface area contributed by atoms with E-state index in [9.17, 15) is 9.59 Å². The van der Waals surface area contributed by atoms with E-state index < -0.39 is 5.97 Å². The molecule has 0 aliphatic rings. The number of ketones is 1. The number of nitrogens with zero attached hydrogens (tertiary/aromatic N) is 1. The molecule has 2 rings (SSSR count). The van der Waals surface area contributed by atoms with E-state index in [0.29, 0.717) is 23.4 Å². The van der Waals surface area contributed by atoms with Gasteiger partial charge >= 0.3 is 5.97 Å². The van der Waals surface area contributed by atoms with Gasteiger partial charge in [0.25, 0.3) is 0 Å². The minimum Gasteiger partial charge on any atom is -0.487 e. The third-order valence-electron chi connectivity index (χ3n) is 2.96. The molecule has 0 aliphatic carbocycles. The van der Waals surface area contributed by atoms with Gasteiger partial charge in [-0.25, -0.2) is 4.79 Å². The highest BCUT2D eigenvalue weighted by molar-refractivity contribution is 5.95. The number of ether oxygens (including phenoxy) is 1. The molecular weight excluding hydrogens is 270 g/mol. The maximum absolute atomic E-state index is 11.5. The highest BCUT2D eigenvalue weighted by Gasteiger charge is 2.05. The van der Waals surface area contributed by atoms with Gasteiger partial charge in [-0.2, -0.15) is 0 Å². The van der Waals surface area contributed by atoms with Crippen LogP contribution in [0, 0.1) is 0 Å². The lowest BCUT2D eigenvalue weighted by molar-refractivity contribution is 0.0696. The first-order valence-corrected chi connectivity index (χ1v) is 6.54. The fourth-order valence-corrected chi connectivity index (χ4v) is 1.73. The fourth-order valence-electron chi connectivity index (χ4n) is 1.73. The summed E-state index contributed by atoms with van der Waals surface area (Å²) >= 11 is 0. The standard InChI is InChI=1S/C16H15NO4/c1-2-15(18)11-4-7-14(8-5-11)21-10-13-6-3-12(9-17-13)16(19)20/h3-9H,2,10H2,1H3,(H,19,20). The van der Waals surface area contributed by atoms with Crippen LogP contribution < -0.4 is 4.74 Å². The molecule has 0 spiro atoms. The molecule has 1 aromatic carbocycles. The van der Waals surface area contributed by atoms with Crippen molar-refractivity contribution in [2.24, 2.45) is 0 Å². The molecule has 5 heteroatoms. The van der Waals surface area contributed by atoms with Crippen LogP contribution in [0.5, 0.6) is 5.75 Å². The summed E-state index contributed by atoms with van der Waals surface area (Å²) in [6.07, 6.45) is 1.77. The van der Waals surface area contributed by atoms with Crippen LogP contribution in [0.15, 0.2) is 42.6 Å². The number of aromatic carboxylic acids is 1. The maximum Gasteiger partial charge on any atom is 0.337 e. The van der Waals surface area contributed by atoms with Gasteiger partial charge in [0.05, 0.1) is 11.3 Å². The average molecular weight is 285 g/mol. The second kappa shape index (κ2) is 6.65. The van der Waals surface area contributed by atoms with Crippen LogP contribution in [-0.2, 0) is 6.61 Å². The number of carbonyl (C=O) groups is 2. The number of pyridine rings is 1. The predicted octanol–water partition coefficient (Wildman–Crippen LogP) is 2.95. The number of aromatic nitrogens is 1. The third kappa shape index (κ3) is 3.89. The molecule has 0 aliphatic heterocycles. The summed E-state index contributed by atoms with van der Waals surface area (Å²) in [4.78, 5) is 26.2. The normalized spacial score (nSPS) is 10.1. The molecule has 0 fully saturated rings. The minimum atomic E-state index is -1.01. The van der Waals surface area contributed by atoms with E-state index in [1.54, 1.807) is 30.3 Å². The van der Waals surface area contributed by atoms with Crippen molar-refractivity contribution < 1.29 is 19.4 Å². The summed E-state index contributed by atoms with van der Waals surface area (Å²) in [5, 5.41) is 8.78. The lowest BCUT2D eigenvalue weighted by Crippen LogP contribution is -2.02. The van der Waals surface area contributed by atoms with Gasteiger partial charge in [0.1, 0.15) is 12.4 Å². The number of rotatable bonds is 6. The second-order valence-corrected chi connectivity index (χ2v) is 4.43. The molecule has 108 valence electrons. The summed E-state index contributed by atoms with van der Waals surface area (Å²) in [6.45, 7) is 2.06. The van der Waals surface area contributed by atoms with Gasteiger partial charge in [0.15, 0.2) is 5.78 Å². The van der Waals surface area contributed by atoms with Crippen LogP contribution in [0.1, 0.15) is 39.8 Å². The monoisotopic (exact) mass is 285 g/mol. The lowest BCUT2D eigenvalue weighted by atomic mass is 10.1. The largest absolute Gasteiger partial charge is 0.487 e. The minimum absolute atomic E-state index is 0.0903. The average Bonchev–Trinajstić information content (AvgIpc) is 2.53. The molecule has 2 aromatic rings. The SMILES string of the molecule is CCC(=O)c1ccc(OCc2ccc(C(=O)O)cn2)cc1. The smallest absolute Gasteiger partial charge is 0.337 e. The molecule has 5 nitrogen and oxygen atoms in total. The Labute approximate surface area is 122 Å². The summed E-state index contributed by atoms with van der Waals surface area (Å²) in [5.41, 5.74) is 1.43. The van der Waals surface area contributed by atoms with E-state index in [2.05, 4.69) is 4.98 Å². The van der Waals surface area contributed by atoms with Crippen molar-refractivity contribution in [1.82, 2.24) is 4.98 Å². The first-order chi connectivity index (χ1) is 10.1. The van der Waals surface area contributed by atoms with Crippen LogP contribution in [0.25, 0.3) is 0 Å². The van der Waals surface area contributed by atoms with Crippen LogP contribution in [0.3, 0.4) is 0 Å². The van der Waals surface area contributed by atoms with Gasteiger partial charge in [0.2, 0.25) is 0 Å². The Bertz CT molecular complexity index is 632. The van der Waals surface area contributed by atoms with Crippen molar-refractivity contribution in [3.63, 3.8) is 0 Å². The quantitative estimate of drug-likeness (QED) is 0.826. The molecule has 1 aromatic heterocycles. The van der Waals surface area contributed by atoms with Crippen LogP contribution in [0.2, 0.25) is 0 Å². The molecule has 0 atom stereocenters.